The molecule has 18 heavy (non-hydrogen) atoms. The van der Waals surface area contributed by atoms with Gasteiger partial charge in [-0.2, -0.15) is 0 Å². The van der Waals surface area contributed by atoms with E-state index in [2.05, 4.69) is 9.47 Å². The third-order valence-corrected chi connectivity index (χ3v) is 3.06. The number of ether oxygens (including phenoxy) is 3. The smallest absolute Gasteiger partial charge is 0.480 e. The van der Waals surface area contributed by atoms with E-state index in [1.54, 1.807) is 0 Å². The Morgan fingerprint density at radius 1 is 1.22 bits per heavy atom. The van der Waals surface area contributed by atoms with Gasteiger partial charge in [-0.3, -0.25) is 4.79 Å². The van der Waals surface area contributed by atoms with Crippen molar-refractivity contribution in [1.29, 1.82) is 0 Å². The first-order valence-electron chi connectivity index (χ1n) is 5.14. The van der Waals surface area contributed by atoms with E-state index in [-0.39, 0.29) is 24.7 Å². The maximum atomic E-state index is 12.8. The van der Waals surface area contributed by atoms with Crippen molar-refractivity contribution in [2.45, 2.75) is 11.7 Å². The normalized spacial score (nSPS) is 22.3. The molecule has 96 valence electrons. The van der Waals surface area contributed by atoms with Crippen LogP contribution in [-0.4, -0.2) is 30.6 Å². The molecule has 2 heterocycles. The fourth-order valence-corrected chi connectivity index (χ4v) is 1.97. The minimum atomic E-state index is -3.70. The van der Waals surface area contributed by atoms with E-state index in [9.17, 15) is 18.7 Å². The van der Waals surface area contributed by atoms with E-state index in [1.807, 2.05) is 0 Å². The number of hydrogen-bond acceptors (Lipinski definition) is 4. The number of carboxylic acid groups (broad SMARTS) is 1. The van der Waals surface area contributed by atoms with Crippen molar-refractivity contribution in [2.24, 2.45) is 0 Å². The first kappa shape index (κ1) is 11.2. The van der Waals surface area contributed by atoms with Crippen molar-refractivity contribution in [3.8, 4) is 11.5 Å². The molecule has 1 fully saturated rings. The highest BCUT2D eigenvalue weighted by Crippen LogP contribution is 2.44. The van der Waals surface area contributed by atoms with Gasteiger partial charge < -0.3 is 19.3 Å². The second-order valence-electron chi connectivity index (χ2n) is 4.21. The Balaban J connectivity index is 2.00. The van der Waals surface area contributed by atoms with E-state index in [4.69, 9.17) is 4.74 Å². The number of fused-ring (bicyclic) bond motifs is 1. The van der Waals surface area contributed by atoms with Crippen LogP contribution in [0.15, 0.2) is 18.2 Å². The SMILES string of the molecule is O=C(O)C1(c2ccc3c(c2)OC(F)(F)O3)COC1. The fraction of sp³-hybridized carbons (Fsp3) is 0.364. The quantitative estimate of drug-likeness (QED) is 0.867. The molecule has 0 unspecified atom stereocenters. The molecular weight excluding hydrogens is 250 g/mol. The Hall–Kier alpha value is -1.89. The number of rotatable bonds is 2. The second-order valence-corrected chi connectivity index (χ2v) is 4.21. The molecule has 7 heteroatoms. The predicted octanol–water partition coefficient (Wildman–Crippen LogP) is 1.36. The average Bonchev–Trinajstić information content (AvgIpc) is 2.48. The summed E-state index contributed by atoms with van der Waals surface area (Å²) >= 11 is 0. The number of benzene rings is 1. The van der Waals surface area contributed by atoms with Crippen LogP contribution in [0.3, 0.4) is 0 Å². The van der Waals surface area contributed by atoms with E-state index in [1.165, 1.54) is 18.2 Å². The van der Waals surface area contributed by atoms with Crippen LogP contribution in [0, 0.1) is 0 Å². The molecule has 0 spiro atoms. The van der Waals surface area contributed by atoms with Crippen molar-refractivity contribution in [3.63, 3.8) is 0 Å². The van der Waals surface area contributed by atoms with Crippen LogP contribution in [0.5, 0.6) is 11.5 Å². The first-order chi connectivity index (χ1) is 8.43. The monoisotopic (exact) mass is 258 g/mol. The van der Waals surface area contributed by atoms with Gasteiger partial charge in [0, 0.05) is 0 Å². The lowest BCUT2D eigenvalue weighted by atomic mass is 9.78. The van der Waals surface area contributed by atoms with Crippen molar-refractivity contribution < 1.29 is 32.9 Å². The maximum Gasteiger partial charge on any atom is 0.586 e. The molecule has 0 aliphatic carbocycles. The number of alkyl halides is 2. The van der Waals surface area contributed by atoms with Gasteiger partial charge in [-0.1, -0.05) is 6.07 Å². The Bertz CT molecular complexity index is 524. The Morgan fingerprint density at radius 3 is 2.44 bits per heavy atom. The number of carbonyl (C=O) groups is 1. The van der Waals surface area contributed by atoms with Gasteiger partial charge in [0.05, 0.1) is 13.2 Å². The molecule has 0 aromatic heterocycles. The molecule has 0 bridgehead atoms. The lowest BCUT2D eigenvalue weighted by molar-refractivity contribution is -0.286. The molecule has 1 saturated heterocycles. The van der Waals surface area contributed by atoms with Crippen LogP contribution in [0.1, 0.15) is 5.56 Å². The van der Waals surface area contributed by atoms with Gasteiger partial charge >= 0.3 is 12.3 Å². The van der Waals surface area contributed by atoms with Gasteiger partial charge in [0.15, 0.2) is 11.5 Å². The maximum absolute atomic E-state index is 12.8. The highest BCUT2D eigenvalue weighted by Gasteiger charge is 2.50. The summed E-state index contributed by atoms with van der Waals surface area (Å²) in [6, 6.07) is 3.96. The van der Waals surface area contributed by atoms with Gasteiger partial charge in [-0.05, 0) is 17.7 Å². The third kappa shape index (κ3) is 1.43. The number of carboxylic acids is 1. The van der Waals surface area contributed by atoms with Crippen molar-refractivity contribution >= 4 is 5.97 Å². The summed E-state index contributed by atoms with van der Waals surface area (Å²) in [6.45, 7) is 0.0245. The molecule has 1 aromatic rings. The van der Waals surface area contributed by atoms with Crippen molar-refractivity contribution in [1.82, 2.24) is 0 Å². The van der Waals surface area contributed by atoms with Crippen LogP contribution in [-0.2, 0) is 14.9 Å². The molecule has 5 nitrogen and oxygen atoms in total. The summed E-state index contributed by atoms with van der Waals surface area (Å²) in [5.74, 6) is -1.33. The van der Waals surface area contributed by atoms with Crippen molar-refractivity contribution in [3.05, 3.63) is 23.8 Å². The number of hydrogen-bond donors (Lipinski definition) is 1. The molecule has 0 saturated carbocycles. The van der Waals surface area contributed by atoms with E-state index < -0.39 is 17.7 Å². The zero-order valence-electron chi connectivity index (χ0n) is 8.98. The lowest BCUT2D eigenvalue weighted by Gasteiger charge is -2.37. The zero-order chi connectivity index (χ0) is 13.0. The molecule has 0 atom stereocenters. The molecule has 3 rings (SSSR count). The Kier molecular flexibility index (Phi) is 2.07. The molecule has 1 N–H and O–H groups in total. The summed E-state index contributed by atoms with van der Waals surface area (Å²) in [4.78, 5) is 11.2. The molecule has 0 amide bonds. The first-order valence-corrected chi connectivity index (χ1v) is 5.14. The van der Waals surface area contributed by atoms with Gasteiger partial charge in [-0.25, -0.2) is 0 Å². The number of aliphatic carboxylic acids is 1. The van der Waals surface area contributed by atoms with Crippen LogP contribution in [0.25, 0.3) is 0 Å². The van der Waals surface area contributed by atoms with Crippen LogP contribution in [0.4, 0.5) is 8.78 Å². The minimum Gasteiger partial charge on any atom is -0.480 e. The molecule has 2 aliphatic rings. The molecule has 2 aliphatic heterocycles. The Morgan fingerprint density at radius 2 is 1.89 bits per heavy atom. The summed E-state index contributed by atoms with van der Waals surface area (Å²) in [5.41, 5.74) is -0.822. The van der Waals surface area contributed by atoms with Crippen LogP contribution < -0.4 is 9.47 Å². The van der Waals surface area contributed by atoms with Crippen molar-refractivity contribution in [2.75, 3.05) is 13.2 Å². The minimum absolute atomic E-state index is 0.0123. The highest BCUT2D eigenvalue weighted by atomic mass is 19.3. The summed E-state index contributed by atoms with van der Waals surface area (Å²) in [5, 5.41) is 9.19. The van der Waals surface area contributed by atoms with Gasteiger partial charge in [0.25, 0.3) is 0 Å². The Labute approximate surface area is 99.9 Å². The summed E-state index contributed by atoms with van der Waals surface area (Å²) < 4.78 is 39.1. The average molecular weight is 258 g/mol. The molecule has 1 aromatic carbocycles. The van der Waals surface area contributed by atoms with Crippen LogP contribution in [0.2, 0.25) is 0 Å². The second kappa shape index (κ2) is 3.32. The number of halogens is 2. The van der Waals surface area contributed by atoms with Gasteiger partial charge in [-0.15, -0.1) is 8.78 Å². The third-order valence-electron chi connectivity index (χ3n) is 3.06. The highest BCUT2D eigenvalue weighted by molar-refractivity contribution is 5.83. The topological polar surface area (TPSA) is 65.0 Å². The summed E-state index contributed by atoms with van der Waals surface area (Å²) in [6.07, 6.45) is -3.70. The summed E-state index contributed by atoms with van der Waals surface area (Å²) in [7, 11) is 0. The zero-order valence-corrected chi connectivity index (χ0v) is 8.98. The van der Waals surface area contributed by atoms with Crippen LogP contribution >= 0.6 is 0 Å². The van der Waals surface area contributed by atoms with Gasteiger partial charge in [0.2, 0.25) is 0 Å². The van der Waals surface area contributed by atoms with E-state index >= 15 is 0 Å². The van der Waals surface area contributed by atoms with E-state index in [0.29, 0.717) is 5.56 Å². The largest absolute Gasteiger partial charge is 0.586 e. The lowest BCUT2D eigenvalue weighted by Crippen LogP contribution is -2.53. The molecule has 0 radical (unpaired) electrons. The van der Waals surface area contributed by atoms with Gasteiger partial charge in [0.1, 0.15) is 5.41 Å². The van der Waals surface area contributed by atoms with E-state index in [0.717, 1.165) is 0 Å². The fourth-order valence-electron chi connectivity index (χ4n) is 1.97. The predicted molar refractivity (Wildman–Crippen MR) is 52.8 cm³/mol. The standard InChI is InChI=1S/C11H8F2O5/c12-11(13)17-7-2-1-6(3-8(7)18-11)10(9(14)15)4-16-5-10/h1-3H,4-5H2,(H,14,15). The molecular formula is C11H8F2O5.